The Hall–Kier alpha value is 0.0600. The Balaban J connectivity index is 2.55. The SMILES string of the molecule is O=S(=O)(F)CCc1cc(Br)cs1. The second kappa shape index (κ2) is 3.85. The zero-order valence-corrected chi connectivity index (χ0v) is 9.18. The molecule has 0 fully saturated rings. The first-order chi connectivity index (χ1) is 5.47. The van der Waals surface area contributed by atoms with Crippen LogP contribution in [-0.4, -0.2) is 14.2 Å². The van der Waals surface area contributed by atoms with E-state index in [4.69, 9.17) is 0 Å². The summed E-state index contributed by atoms with van der Waals surface area (Å²) in [5, 5.41) is 1.83. The lowest BCUT2D eigenvalue weighted by Gasteiger charge is -1.91. The molecule has 0 aliphatic carbocycles. The van der Waals surface area contributed by atoms with Gasteiger partial charge in [0, 0.05) is 14.7 Å². The van der Waals surface area contributed by atoms with E-state index in [9.17, 15) is 12.3 Å². The van der Waals surface area contributed by atoms with Crippen molar-refractivity contribution in [1.29, 1.82) is 0 Å². The summed E-state index contributed by atoms with van der Waals surface area (Å²) in [4.78, 5) is 0.864. The molecule has 0 N–H and O–H groups in total. The Labute approximate surface area is 82.8 Å². The van der Waals surface area contributed by atoms with Gasteiger partial charge in [-0.1, -0.05) is 0 Å². The van der Waals surface area contributed by atoms with Crippen molar-refractivity contribution in [2.75, 3.05) is 5.75 Å². The van der Waals surface area contributed by atoms with E-state index >= 15 is 0 Å². The number of thiophene rings is 1. The molecule has 1 rings (SSSR count). The van der Waals surface area contributed by atoms with Crippen LogP contribution in [0.1, 0.15) is 4.88 Å². The van der Waals surface area contributed by atoms with Gasteiger partial charge >= 0.3 is 10.2 Å². The first-order valence-corrected chi connectivity index (χ1v) is 6.35. The summed E-state index contributed by atoms with van der Waals surface area (Å²) in [6.45, 7) is 0. The fourth-order valence-electron chi connectivity index (χ4n) is 0.707. The summed E-state index contributed by atoms with van der Waals surface area (Å²) in [5.41, 5.74) is 0. The highest BCUT2D eigenvalue weighted by atomic mass is 79.9. The van der Waals surface area contributed by atoms with Gasteiger partial charge in [0.25, 0.3) is 0 Å². The van der Waals surface area contributed by atoms with E-state index < -0.39 is 16.0 Å². The van der Waals surface area contributed by atoms with Gasteiger partial charge in [-0.05, 0) is 28.4 Å². The Kier molecular flexibility index (Phi) is 3.25. The third-order valence-corrected chi connectivity index (χ3v) is 3.66. The number of hydrogen-bond acceptors (Lipinski definition) is 3. The van der Waals surface area contributed by atoms with Crippen LogP contribution in [-0.2, 0) is 16.6 Å². The van der Waals surface area contributed by atoms with Crippen LogP contribution in [0.2, 0.25) is 0 Å². The minimum atomic E-state index is -4.32. The molecule has 1 aromatic rings. The molecular weight excluding hydrogens is 267 g/mol. The monoisotopic (exact) mass is 272 g/mol. The molecule has 6 heteroatoms. The number of halogens is 2. The van der Waals surface area contributed by atoms with Crippen molar-refractivity contribution in [3.8, 4) is 0 Å². The van der Waals surface area contributed by atoms with Gasteiger partial charge in [0.15, 0.2) is 0 Å². The second-order valence-electron chi connectivity index (χ2n) is 2.22. The number of hydrogen-bond donors (Lipinski definition) is 0. The fraction of sp³-hybridized carbons (Fsp3) is 0.333. The lowest BCUT2D eigenvalue weighted by Crippen LogP contribution is -2.00. The van der Waals surface area contributed by atoms with Gasteiger partial charge in [0.05, 0.1) is 5.75 Å². The molecule has 2 nitrogen and oxygen atoms in total. The molecule has 0 spiro atoms. The molecule has 1 aromatic heterocycles. The zero-order chi connectivity index (χ0) is 9.19. The smallest absolute Gasteiger partial charge is 0.195 e. The Morgan fingerprint density at radius 3 is 2.67 bits per heavy atom. The van der Waals surface area contributed by atoms with Gasteiger partial charge in [-0.25, -0.2) is 0 Å². The molecule has 0 saturated heterocycles. The summed E-state index contributed by atoms with van der Waals surface area (Å²) < 4.78 is 33.2. The van der Waals surface area contributed by atoms with Crippen molar-refractivity contribution in [2.24, 2.45) is 0 Å². The van der Waals surface area contributed by atoms with Gasteiger partial charge in [0.1, 0.15) is 0 Å². The number of aryl methyl sites for hydroxylation is 1. The molecule has 0 aliphatic rings. The average molecular weight is 273 g/mol. The maximum Gasteiger partial charge on any atom is 0.302 e. The van der Waals surface area contributed by atoms with Crippen molar-refractivity contribution >= 4 is 37.5 Å². The maximum atomic E-state index is 12.0. The van der Waals surface area contributed by atoms with E-state index in [-0.39, 0.29) is 6.42 Å². The van der Waals surface area contributed by atoms with Crippen LogP contribution in [0, 0.1) is 0 Å². The molecule has 0 aromatic carbocycles. The van der Waals surface area contributed by atoms with E-state index in [0.29, 0.717) is 0 Å². The molecule has 0 atom stereocenters. The Morgan fingerprint density at radius 1 is 1.58 bits per heavy atom. The quantitative estimate of drug-likeness (QED) is 0.792. The molecule has 68 valence electrons. The minimum absolute atomic E-state index is 0.245. The highest BCUT2D eigenvalue weighted by Gasteiger charge is 2.08. The zero-order valence-electron chi connectivity index (χ0n) is 5.96. The highest BCUT2D eigenvalue weighted by molar-refractivity contribution is 9.10. The Bertz CT molecular complexity index is 357. The third kappa shape index (κ3) is 3.64. The first kappa shape index (κ1) is 10.1. The van der Waals surface area contributed by atoms with Crippen LogP contribution < -0.4 is 0 Å². The van der Waals surface area contributed by atoms with E-state index in [2.05, 4.69) is 15.9 Å². The molecule has 0 bridgehead atoms. The molecular formula is C6H6BrFO2S2. The van der Waals surface area contributed by atoms with Crippen molar-refractivity contribution in [3.63, 3.8) is 0 Å². The molecule has 0 amide bonds. The molecule has 12 heavy (non-hydrogen) atoms. The summed E-state index contributed by atoms with van der Waals surface area (Å²) >= 11 is 4.63. The van der Waals surface area contributed by atoms with Crippen LogP contribution in [0.25, 0.3) is 0 Å². The van der Waals surface area contributed by atoms with Crippen LogP contribution in [0.15, 0.2) is 15.9 Å². The maximum absolute atomic E-state index is 12.0. The van der Waals surface area contributed by atoms with Gasteiger partial charge in [-0.3, -0.25) is 0 Å². The van der Waals surface area contributed by atoms with E-state index in [0.717, 1.165) is 9.35 Å². The lowest BCUT2D eigenvalue weighted by molar-refractivity contribution is 0.551. The summed E-state index contributed by atoms with van der Waals surface area (Å²) in [6, 6.07) is 1.79. The van der Waals surface area contributed by atoms with Crippen LogP contribution >= 0.6 is 27.3 Å². The minimum Gasteiger partial charge on any atom is -0.195 e. The second-order valence-corrected chi connectivity index (χ2v) is 5.62. The highest BCUT2D eigenvalue weighted by Crippen LogP contribution is 2.20. The normalized spacial score (nSPS) is 11.8. The van der Waals surface area contributed by atoms with Crippen molar-refractivity contribution in [2.45, 2.75) is 6.42 Å². The lowest BCUT2D eigenvalue weighted by atomic mass is 10.4. The van der Waals surface area contributed by atoms with Gasteiger partial charge in [0.2, 0.25) is 0 Å². The molecule has 0 aliphatic heterocycles. The van der Waals surface area contributed by atoms with Crippen LogP contribution in [0.4, 0.5) is 3.89 Å². The predicted molar refractivity (Wildman–Crippen MR) is 50.6 cm³/mol. The standard InChI is InChI=1S/C6H6BrFO2S2/c7-5-3-6(11-4-5)1-2-12(8,9)10/h3-4H,1-2H2. The van der Waals surface area contributed by atoms with Gasteiger partial charge in [-0.15, -0.1) is 15.2 Å². The van der Waals surface area contributed by atoms with E-state index in [1.54, 1.807) is 6.07 Å². The van der Waals surface area contributed by atoms with E-state index in [1.165, 1.54) is 11.3 Å². The largest absolute Gasteiger partial charge is 0.302 e. The fourth-order valence-corrected chi connectivity index (χ4v) is 2.76. The van der Waals surface area contributed by atoms with Crippen molar-refractivity contribution in [3.05, 3.63) is 20.8 Å². The molecule has 0 radical (unpaired) electrons. The van der Waals surface area contributed by atoms with Gasteiger partial charge < -0.3 is 0 Å². The molecule has 1 heterocycles. The predicted octanol–water partition coefficient (Wildman–Crippen LogP) is 2.35. The van der Waals surface area contributed by atoms with Crippen LogP contribution in [0.3, 0.4) is 0 Å². The van der Waals surface area contributed by atoms with Crippen molar-refractivity contribution in [1.82, 2.24) is 0 Å². The Morgan fingerprint density at radius 2 is 2.25 bits per heavy atom. The first-order valence-electron chi connectivity index (χ1n) is 3.12. The van der Waals surface area contributed by atoms with Crippen molar-refractivity contribution < 1.29 is 12.3 Å². The van der Waals surface area contributed by atoms with E-state index in [1.807, 2.05) is 5.38 Å². The molecule has 0 unspecified atom stereocenters. The summed E-state index contributed by atoms with van der Waals surface area (Å²) in [5.74, 6) is -0.431. The number of rotatable bonds is 3. The van der Waals surface area contributed by atoms with Crippen LogP contribution in [0.5, 0.6) is 0 Å². The summed E-state index contributed by atoms with van der Waals surface area (Å²) in [7, 11) is -4.32. The molecule has 0 saturated carbocycles. The van der Waals surface area contributed by atoms with Gasteiger partial charge in [-0.2, -0.15) is 8.42 Å². The summed E-state index contributed by atoms with van der Waals surface area (Å²) in [6.07, 6.45) is 0.245. The third-order valence-electron chi connectivity index (χ3n) is 1.21. The topological polar surface area (TPSA) is 34.1 Å². The average Bonchev–Trinajstić information content (AvgIpc) is 2.30.